The van der Waals surface area contributed by atoms with E-state index >= 15 is 0 Å². The normalized spacial score (nSPS) is 18.8. The van der Waals surface area contributed by atoms with Crippen molar-refractivity contribution in [1.29, 1.82) is 0 Å². The Morgan fingerprint density at radius 2 is 2.14 bits per heavy atom. The molecule has 21 heavy (non-hydrogen) atoms. The number of carbonyl (C=O) groups excluding carboxylic acids is 1. The van der Waals surface area contributed by atoms with E-state index in [1.807, 2.05) is 0 Å². The monoisotopic (exact) mass is 304 g/mol. The first-order valence-corrected chi connectivity index (χ1v) is 6.76. The minimum absolute atomic E-state index is 0.0480. The fourth-order valence-corrected chi connectivity index (χ4v) is 2.35. The van der Waals surface area contributed by atoms with Crippen LogP contribution in [0, 0.1) is 5.82 Å². The van der Waals surface area contributed by atoms with E-state index in [1.165, 1.54) is 0 Å². The highest BCUT2D eigenvalue weighted by molar-refractivity contribution is 5.90. The summed E-state index contributed by atoms with van der Waals surface area (Å²) in [6.45, 7) is 0.930. The minimum Gasteiger partial charge on any atom is -0.326 e. The van der Waals surface area contributed by atoms with Crippen LogP contribution in [0.15, 0.2) is 18.2 Å². The van der Waals surface area contributed by atoms with Crippen LogP contribution in [0.4, 0.5) is 23.2 Å². The second-order valence-electron chi connectivity index (χ2n) is 5.07. The highest BCUT2D eigenvalue weighted by Crippen LogP contribution is 2.33. The van der Waals surface area contributed by atoms with Crippen molar-refractivity contribution in [3.05, 3.63) is 29.6 Å². The van der Waals surface area contributed by atoms with Gasteiger partial charge in [-0.25, -0.2) is 4.39 Å². The Morgan fingerprint density at radius 1 is 1.38 bits per heavy atom. The zero-order valence-electron chi connectivity index (χ0n) is 11.3. The molecule has 1 fully saturated rings. The molecule has 1 unspecified atom stereocenters. The van der Waals surface area contributed by atoms with Gasteiger partial charge in [-0.05, 0) is 44.0 Å². The number of hydrogen-bond donors (Lipinski definition) is 2. The molecule has 0 bridgehead atoms. The van der Waals surface area contributed by atoms with Crippen molar-refractivity contribution in [3.63, 3.8) is 0 Å². The van der Waals surface area contributed by atoms with Crippen LogP contribution < -0.4 is 10.6 Å². The number of hydrogen-bond acceptors (Lipinski definition) is 2. The summed E-state index contributed by atoms with van der Waals surface area (Å²) in [4.78, 5) is 11.7. The van der Waals surface area contributed by atoms with Crippen LogP contribution in [0.25, 0.3) is 0 Å². The van der Waals surface area contributed by atoms with Crippen molar-refractivity contribution < 1.29 is 22.4 Å². The maximum atomic E-state index is 13.1. The van der Waals surface area contributed by atoms with Gasteiger partial charge < -0.3 is 10.6 Å². The largest absolute Gasteiger partial charge is 0.419 e. The smallest absolute Gasteiger partial charge is 0.326 e. The molecule has 1 amide bonds. The third-order valence-electron chi connectivity index (χ3n) is 3.44. The molecule has 1 aliphatic heterocycles. The van der Waals surface area contributed by atoms with Crippen molar-refractivity contribution in [1.82, 2.24) is 5.32 Å². The molecular formula is C14H16F4N2O. The van der Waals surface area contributed by atoms with E-state index in [0.717, 1.165) is 25.5 Å². The van der Waals surface area contributed by atoms with Gasteiger partial charge in [-0.1, -0.05) is 0 Å². The highest BCUT2D eigenvalue weighted by Gasteiger charge is 2.34. The predicted molar refractivity (Wildman–Crippen MR) is 70.3 cm³/mol. The van der Waals surface area contributed by atoms with Gasteiger partial charge in [-0.2, -0.15) is 13.2 Å². The Labute approximate surface area is 119 Å². The zero-order chi connectivity index (χ0) is 15.5. The lowest BCUT2D eigenvalue weighted by atomic mass is 10.1. The Bertz CT molecular complexity index is 510. The highest BCUT2D eigenvalue weighted by atomic mass is 19.4. The van der Waals surface area contributed by atoms with E-state index in [4.69, 9.17) is 0 Å². The molecule has 0 aliphatic carbocycles. The first kappa shape index (κ1) is 15.8. The summed E-state index contributed by atoms with van der Waals surface area (Å²) < 4.78 is 50.8. The van der Waals surface area contributed by atoms with E-state index in [1.54, 1.807) is 0 Å². The molecule has 1 saturated heterocycles. The number of alkyl halides is 3. The standard InChI is InChI=1S/C14H16F4N2O/c15-12-5-3-10(8-11(12)14(16,17)18)20-13(21)6-4-9-2-1-7-19-9/h3,5,8-9,19H,1-2,4,6-7H2,(H,20,21). The molecule has 3 nitrogen and oxygen atoms in total. The number of carbonyl (C=O) groups is 1. The van der Waals surface area contributed by atoms with Gasteiger partial charge in [-0.3, -0.25) is 4.79 Å². The summed E-state index contributed by atoms with van der Waals surface area (Å²) >= 11 is 0. The third-order valence-corrected chi connectivity index (χ3v) is 3.44. The molecule has 0 radical (unpaired) electrons. The van der Waals surface area contributed by atoms with E-state index in [2.05, 4.69) is 10.6 Å². The maximum absolute atomic E-state index is 13.1. The maximum Gasteiger partial charge on any atom is 0.419 e. The molecule has 0 saturated carbocycles. The zero-order valence-corrected chi connectivity index (χ0v) is 11.3. The van der Waals surface area contributed by atoms with Crippen molar-refractivity contribution in [2.24, 2.45) is 0 Å². The van der Waals surface area contributed by atoms with Crippen LogP contribution in [0.3, 0.4) is 0 Å². The van der Waals surface area contributed by atoms with Crippen LogP contribution in [0.1, 0.15) is 31.2 Å². The van der Waals surface area contributed by atoms with E-state index in [0.29, 0.717) is 18.6 Å². The number of rotatable bonds is 4. The molecule has 116 valence electrons. The first-order chi connectivity index (χ1) is 9.86. The Balaban J connectivity index is 1.94. The summed E-state index contributed by atoms with van der Waals surface area (Å²) in [5.74, 6) is -1.72. The fourth-order valence-electron chi connectivity index (χ4n) is 2.35. The second-order valence-corrected chi connectivity index (χ2v) is 5.07. The van der Waals surface area contributed by atoms with Crippen molar-refractivity contribution in [2.75, 3.05) is 11.9 Å². The molecule has 2 rings (SSSR count). The number of benzene rings is 1. The van der Waals surface area contributed by atoms with Gasteiger partial charge in [-0.15, -0.1) is 0 Å². The lowest BCUT2D eigenvalue weighted by molar-refractivity contribution is -0.140. The first-order valence-electron chi connectivity index (χ1n) is 6.76. The van der Waals surface area contributed by atoms with Gasteiger partial charge in [0.1, 0.15) is 5.82 Å². The van der Waals surface area contributed by atoms with Crippen molar-refractivity contribution in [2.45, 2.75) is 37.9 Å². The Kier molecular flexibility index (Phi) is 4.82. The molecule has 0 spiro atoms. The molecule has 1 aliphatic rings. The molecule has 7 heteroatoms. The molecular weight excluding hydrogens is 288 g/mol. The van der Waals surface area contributed by atoms with Gasteiger partial charge in [0.25, 0.3) is 0 Å². The lowest BCUT2D eigenvalue weighted by Crippen LogP contribution is -2.23. The molecule has 1 heterocycles. The summed E-state index contributed by atoms with van der Waals surface area (Å²) in [7, 11) is 0. The Hall–Kier alpha value is -1.63. The summed E-state index contributed by atoms with van der Waals surface area (Å²) in [6, 6.07) is 2.73. The minimum atomic E-state index is -4.78. The number of halogens is 4. The average Bonchev–Trinajstić information content (AvgIpc) is 2.90. The predicted octanol–water partition coefficient (Wildman–Crippen LogP) is 3.32. The topological polar surface area (TPSA) is 41.1 Å². The summed E-state index contributed by atoms with van der Waals surface area (Å²) in [5.41, 5.74) is -1.43. The lowest BCUT2D eigenvalue weighted by Gasteiger charge is -2.12. The summed E-state index contributed by atoms with van der Waals surface area (Å²) in [6.07, 6.45) is -1.85. The van der Waals surface area contributed by atoms with Crippen LogP contribution in [-0.2, 0) is 11.0 Å². The molecule has 0 aromatic heterocycles. The third kappa shape index (κ3) is 4.42. The molecule has 1 aromatic rings. The quantitative estimate of drug-likeness (QED) is 0.838. The van der Waals surface area contributed by atoms with Gasteiger partial charge in [0, 0.05) is 18.2 Å². The average molecular weight is 304 g/mol. The Morgan fingerprint density at radius 3 is 2.76 bits per heavy atom. The number of nitrogens with one attached hydrogen (secondary N) is 2. The van der Waals surface area contributed by atoms with E-state index in [-0.39, 0.29) is 24.1 Å². The van der Waals surface area contributed by atoms with Crippen LogP contribution in [0.2, 0.25) is 0 Å². The van der Waals surface area contributed by atoms with Crippen molar-refractivity contribution in [3.8, 4) is 0 Å². The fraction of sp³-hybridized carbons (Fsp3) is 0.500. The number of anilines is 1. The van der Waals surface area contributed by atoms with E-state index < -0.39 is 17.6 Å². The SMILES string of the molecule is O=C(CCC1CCCN1)Nc1ccc(F)c(C(F)(F)F)c1. The van der Waals surface area contributed by atoms with Crippen LogP contribution in [-0.4, -0.2) is 18.5 Å². The second kappa shape index (κ2) is 6.43. The number of amides is 1. The van der Waals surface area contributed by atoms with Gasteiger partial charge in [0.15, 0.2) is 0 Å². The van der Waals surface area contributed by atoms with Gasteiger partial charge in [0.05, 0.1) is 5.56 Å². The van der Waals surface area contributed by atoms with Crippen LogP contribution in [0.5, 0.6) is 0 Å². The van der Waals surface area contributed by atoms with E-state index in [9.17, 15) is 22.4 Å². The molecule has 1 atom stereocenters. The van der Waals surface area contributed by atoms with Crippen molar-refractivity contribution >= 4 is 11.6 Å². The van der Waals surface area contributed by atoms with Gasteiger partial charge in [0.2, 0.25) is 5.91 Å². The molecule has 1 aromatic carbocycles. The van der Waals surface area contributed by atoms with Gasteiger partial charge >= 0.3 is 6.18 Å². The van der Waals surface area contributed by atoms with Crippen LogP contribution >= 0.6 is 0 Å². The molecule has 2 N–H and O–H groups in total. The summed E-state index contributed by atoms with van der Waals surface area (Å²) in [5, 5.41) is 5.61.